The molecule has 1 saturated heterocycles. The van der Waals surface area contributed by atoms with Crippen LogP contribution in [0.15, 0.2) is 38.5 Å². The number of rotatable bonds is 10. The maximum absolute atomic E-state index is 13.0. The van der Waals surface area contributed by atoms with E-state index in [2.05, 4.69) is 30.6 Å². The van der Waals surface area contributed by atoms with E-state index in [9.17, 15) is 19.5 Å². The number of fused-ring (bicyclic) bond motifs is 1. The summed E-state index contributed by atoms with van der Waals surface area (Å²) in [5, 5.41) is 23.4. The number of nitrogen functional groups attached to an aromatic ring is 1. The van der Waals surface area contributed by atoms with Crippen molar-refractivity contribution in [1.82, 2.24) is 30.4 Å². The number of anilines is 1. The number of carboxylic acid groups (broad SMARTS) is 1. The zero-order valence-corrected chi connectivity index (χ0v) is 20.7. The Morgan fingerprint density at radius 2 is 2.29 bits per heavy atom. The number of thioether (sulfide) groups is 2. The van der Waals surface area contributed by atoms with Gasteiger partial charge in [-0.1, -0.05) is 35.2 Å². The van der Waals surface area contributed by atoms with Gasteiger partial charge in [0.15, 0.2) is 10.2 Å². The largest absolute Gasteiger partial charge is 0.477 e. The van der Waals surface area contributed by atoms with Crippen LogP contribution in [0.1, 0.15) is 19.2 Å². The first-order valence-electron chi connectivity index (χ1n) is 10.3. The number of nitrogens with zero attached hydrogens (tertiary/aromatic N) is 6. The third kappa shape index (κ3) is 5.38. The zero-order chi connectivity index (χ0) is 24.9. The smallest absolute Gasteiger partial charge is 0.352 e. The van der Waals surface area contributed by atoms with E-state index in [4.69, 9.17) is 10.6 Å². The predicted molar refractivity (Wildman–Crippen MR) is 130 cm³/mol. The maximum atomic E-state index is 13.0. The first kappa shape index (κ1) is 24.9. The standard InChI is InChI=1S/C19H20N8O5S3/c1-2-5-32-26-11(14-21-4-3-10(20)23-14)15(28)24-12-16(29)27-13(18(30)31)9(6-33-17(12)27)7-34-19-25-22-8-35-19/h3-4,8,12,17H,2,5-7H2,1H3,(H,24,28)(H,30,31)(H2,20,21,23)/b26-11+. The van der Waals surface area contributed by atoms with Gasteiger partial charge in [-0.15, -0.1) is 22.0 Å². The Bertz CT molecular complexity index is 1190. The van der Waals surface area contributed by atoms with Crippen molar-refractivity contribution in [2.24, 2.45) is 5.16 Å². The van der Waals surface area contributed by atoms with E-state index in [1.165, 1.54) is 52.0 Å². The fourth-order valence-electron chi connectivity index (χ4n) is 3.25. The molecule has 2 unspecified atom stereocenters. The molecule has 13 nitrogen and oxygen atoms in total. The summed E-state index contributed by atoms with van der Waals surface area (Å²) in [5.74, 6) is -1.65. The van der Waals surface area contributed by atoms with Crippen LogP contribution in [0.2, 0.25) is 0 Å². The van der Waals surface area contributed by atoms with E-state index in [-0.39, 0.29) is 29.7 Å². The lowest BCUT2D eigenvalue weighted by Crippen LogP contribution is -2.71. The molecule has 0 bridgehead atoms. The number of nitrogens with two attached hydrogens (primary N) is 1. The Labute approximate surface area is 211 Å². The Morgan fingerprint density at radius 3 is 2.97 bits per heavy atom. The number of aliphatic carboxylic acids is 1. The van der Waals surface area contributed by atoms with Crippen LogP contribution >= 0.6 is 34.9 Å². The van der Waals surface area contributed by atoms with Crippen molar-refractivity contribution in [2.45, 2.75) is 29.1 Å². The number of hydrogen-bond acceptors (Lipinski definition) is 13. The molecule has 2 atom stereocenters. The summed E-state index contributed by atoms with van der Waals surface area (Å²) in [6.07, 6.45) is 2.04. The molecule has 4 N–H and O–H groups in total. The van der Waals surface area contributed by atoms with Gasteiger partial charge in [0, 0.05) is 17.7 Å². The molecule has 0 saturated carbocycles. The first-order chi connectivity index (χ1) is 16.9. The predicted octanol–water partition coefficient (Wildman–Crippen LogP) is 0.572. The lowest BCUT2D eigenvalue weighted by molar-refractivity contribution is -0.150. The van der Waals surface area contributed by atoms with Crippen LogP contribution in [0.25, 0.3) is 0 Å². The van der Waals surface area contributed by atoms with E-state index in [1.807, 2.05) is 6.92 Å². The van der Waals surface area contributed by atoms with E-state index in [0.29, 0.717) is 27.8 Å². The molecule has 35 heavy (non-hydrogen) atoms. The second kappa shape index (κ2) is 11.0. The number of β-lactam (4-membered cyclic amide) rings is 1. The molecule has 4 heterocycles. The van der Waals surface area contributed by atoms with Crippen molar-refractivity contribution < 1.29 is 24.3 Å². The van der Waals surface area contributed by atoms with E-state index in [0.717, 1.165) is 0 Å². The Kier molecular flexibility index (Phi) is 7.82. The molecule has 2 aromatic rings. The van der Waals surface area contributed by atoms with Gasteiger partial charge in [0.25, 0.3) is 11.8 Å². The molecule has 0 aromatic carbocycles. The highest BCUT2D eigenvalue weighted by Crippen LogP contribution is 2.41. The summed E-state index contributed by atoms with van der Waals surface area (Å²) in [6.45, 7) is 2.14. The van der Waals surface area contributed by atoms with Crippen LogP contribution < -0.4 is 11.1 Å². The van der Waals surface area contributed by atoms with Crippen molar-refractivity contribution in [3.63, 3.8) is 0 Å². The molecular formula is C19H20N8O5S3. The van der Waals surface area contributed by atoms with Gasteiger partial charge >= 0.3 is 5.97 Å². The second-order valence-electron chi connectivity index (χ2n) is 7.19. The number of nitrogens with one attached hydrogen (secondary N) is 1. The summed E-state index contributed by atoms with van der Waals surface area (Å²) >= 11 is 4.07. The molecule has 0 spiro atoms. The molecule has 2 aliphatic rings. The Morgan fingerprint density at radius 1 is 1.46 bits per heavy atom. The van der Waals surface area contributed by atoms with Gasteiger partial charge in [0.1, 0.15) is 35.0 Å². The number of oxime groups is 1. The molecular weight excluding hydrogens is 516 g/mol. The molecule has 2 aliphatic heterocycles. The summed E-state index contributed by atoms with van der Waals surface area (Å²) in [4.78, 5) is 52.4. The molecule has 184 valence electrons. The van der Waals surface area contributed by atoms with Crippen molar-refractivity contribution in [3.05, 3.63) is 34.9 Å². The number of hydrogen-bond donors (Lipinski definition) is 3. The highest BCUT2D eigenvalue weighted by Gasteiger charge is 2.54. The Hall–Kier alpha value is -3.24. The average Bonchev–Trinajstić information content (AvgIpc) is 3.36. The highest BCUT2D eigenvalue weighted by molar-refractivity contribution is 8.01. The summed E-state index contributed by atoms with van der Waals surface area (Å²) < 4.78 is 0.704. The van der Waals surface area contributed by atoms with Crippen LogP contribution in [-0.2, 0) is 19.2 Å². The van der Waals surface area contributed by atoms with Crippen molar-refractivity contribution in [3.8, 4) is 0 Å². The topological polar surface area (TPSA) is 186 Å². The fraction of sp³-hybridized carbons (Fsp3) is 0.368. The lowest BCUT2D eigenvalue weighted by atomic mass is 10.0. The normalized spacial score (nSPS) is 19.7. The molecule has 16 heteroatoms. The molecule has 2 amide bonds. The minimum Gasteiger partial charge on any atom is -0.477 e. The first-order valence-corrected chi connectivity index (χ1v) is 13.2. The van der Waals surface area contributed by atoms with Gasteiger partial charge in [0.05, 0.1) is 0 Å². The number of carbonyl (C=O) groups excluding carboxylic acids is 2. The second-order valence-corrected chi connectivity index (χ2v) is 10.4. The van der Waals surface area contributed by atoms with Gasteiger partial charge in [-0.3, -0.25) is 14.5 Å². The van der Waals surface area contributed by atoms with Crippen molar-refractivity contribution in [1.29, 1.82) is 0 Å². The van der Waals surface area contributed by atoms with E-state index in [1.54, 1.807) is 5.51 Å². The molecule has 0 aliphatic carbocycles. The van der Waals surface area contributed by atoms with Crippen molar-refractivity contribution in [2.75, 3.05) is 23.8 Å². The third-order valence-corrected chi connectivity index (χ3v) is 8.09. The Balaban J connectivity index is 1.50. The van der Waals surface area contributed by atoms with Gasteiger partial charge in [-0.2, -0.15) is 0 Å². The number of aromatic nitrogens is 4. The summed E-state index contributed by atoms with van der Waals surface area (Å²) in [7, 11) is 0. The summed E-state index contributed by atoms with van der Waals surface area (Å²) in [6, 6.07) is 0.509. The van der Waals surface area contributed by atoms with Crippen molar-refractivity contribution >= 4 is 64.2 Å². The SMILES string of the molecule is CCCO/N=C(/C(=O)NC1C(=O)N2C(C(=O)O)=C(CSc3nncs3)CSC12)c1nccc(N)n1. The molecule has 1 fully saturated rings. The number of carbonyl (C=O) groups is 3. The highest BCUT2D eigenvalue weighted by atomic mass is 32.2. The van der Waals surface area contributed by atoms with Gasteiger partial charge in [-0.25, -0.2) is 14.8 Å². The lowest BCUT2D eigenvalue weighted by Gasteiger charge is -2.49. The van der Waals surface area contributed by atoms with Gasteiger partial charge < -0.3 is 21.0 Å². The minimum atomic E-state index is -1.20. The number of amides is 2. The molecule has 2 aromatic heterocycles. The van der Waals surface area contributed by atoms with E-state index >= 15 is 0 Å². The quantitative estimate of drug-likeness (QED) is 0.126. The van der Waals surface area contributed by atoms with Crippen LogP contribution in [0.5, 0.6) is 0 Å². The molecule has 4 rings (SSSR count). The fourth-order valence-corrected chi connectivity index (χ4v) is 6.22. The molecule has 0 radical (unpaired) electrons. The summed E-state index contributed by atoms with van der Waals surface area (Å²) in [5.41, 5.74) is 7.58. The van der Waals surface area contributed by atoms with Crippen LogP contribution in [-0.4, -0.2) is 83.2 Å². The maximum Gasteiger partial charge on any atom is 0.352 e. The van der Waals surface area contributed by atoms with Gasteiger partial charge in [-0.05, 0) is 18.1 Å². The van der Waals surface area contributed by atoms with Crippen LogP contribution in [0.4, 0.5) is 5.82 Å². The average molecular weight is 537 g/mol. The van der Waals surface area contributed by atoms with Gasteiger partial charge in [0.2, 0.25) is 5.71 Å². The number of carboxylic acids is 1. The van der Waals surface area contributed by atoms with Crippen LogP contribution in [0.3, 0.4) is 0 Å². The minimum absolute atomic E-state index is 0.0550. The monoisotopic (exact) mass is 536 g/mol. The zero-order valence-electron chi connectivity index (χ0n) is 18.3. The third-order valence-electron chi connectivity index (χ3n) is 4.80. The van der Waals surface area contributed by atoms with E-state index < -0.39 is 29.2 Å². The van der Waals surface area contributed by atoms with Crippen LogP contribution in [0, 0.1) is 0 Å².